The van der Waals surface area contributed by atoms with E-state index in [1.165, 1.54) is 83.4 Å². The van der Waals surface area contributed by atoms with Crippen molar-refractivity contribution in [3.8, 4) is 16.9 Å². The maximum atomic E-state index is 10.5. The molecule has 0 bridgehead atoms. The molecule has 0 unspecified atom stereocenters. The van der Waals surface area contributed by atoms with E-state index in [9.17, 15) is 8.42 Å². The van der Waals surface area contributed by atoms with Gasteiger partial charge in [-0.3, -0.25) is 4.55 Å². The molecule has 0 atom stereocenters. The fourth-order valence-electron chi connectivity index (χ4n) is 4.80. The molecule has 0 spiro atoms. The fraction of sp³-hybridized carbons (Fsp3) is 0.455. The predicted octanol–water partition coefficient (Wildman–Crippen LogP) is 9.29. The monoisotopic (exact) mass is 694 g/mol. The summed E-state index contributed by atoms with van der Waals surface area (Å²) >= 11 is 2.43. The summed E-state index contributed by atoms with van der Waals surface area (Å²) in [7, 11) is -2.27. The van der Waals surface area contributed by atoms with E-state index >= 15 is 0 Å². The third kappa shape index (κ3) is 12.5. The quantitative estimate of drug-likeness (QED) is 0.0791. The lowest BCUT2D eigenvalue weighted by Gasteiger charge is -2.24. The highest BCUT2D eigenvalue weighted by molar-refractivity contribution is 14.1. The second-order valence-corrected chi connectivity index (χ2v) is 17.0. The van der Waals surface area contributed by atoms with Gasteiger partial charge in [-0.15, -0.1) is 0 Å². The van der Waals surface area contributed by atoms with Crippen molar-refractivity contribution in [3.63, 3.8) is 0 Å². The van der Waals surface area contributed by atoms with E-state index in [2.05, 4.69) is 85.8 Å². The molecule has 0 heterocycles. The van der Waals surface area contributed by atoms with E-state index < -0.39 is 10.1 Å². The molecule has 220 valence electrons. The smallest absolute Gasteiger partial charge is 0.294 e. The molecular formula is C33H47IO4SSi. The van der Waals surface area contributed by atoms with Gasteiger partial charge in [-0.25, -0.2) is 0 Å². The number of unbranched alkanes of at least 4 members (excludes halogenated alkanes) is 4. The highest BCUT2D eigenvalue weighted by Gasteiger charge is 2.17. The van der Waals surface area contributed by atoms with E-state index in [-0.39, 0.29) is 14.4 Å². The summed E-state index contributed by atoms with van der Waals surface area (Å²) in [5.41, 5.74) is 4.93. The molecule has 7 heteroatoms. The average molecular weight is 695 g/mol. The summed E-state index contributed by atoms with van der Waals surface area (Å²) in [6.07, 6.45) is 10.8. The third-order valence-corrected chi connectivity index (χ3v) is 11.7. The minimum absolute atomic E-state index is 0.0435. The molecule has 0 amide bonds. The standard InChI is InChI=1S/C26H39IOSi.C7H8O3S/c1-5-6-7-8-11-18-26(2,3)29-19-12-13-22-20-21(16-17-25(22)28-4)23-14-9-10-15-24(23)27;1-6-2-4-7(5-3-6)11(8,9)10/h9-10,14-17,20H,5-8,11-13,18-19,29H2,1-4H3;2-5H,1H3,(H,8,9,10). The van der Waals surface area contributed by atoms with Crippen molar-refractivity contribution in [1.82, 2.24) is 0 Å². The summed E-state index contributed by atoms with van der Waals surface area (Å²) in [6.45, 7) is 9.16. The minimum Gasteiger partial charge on any atom is -0.496 e. The van der Waals surface area contributed by atoms with Crippen molar-refractivity contribution in [1.29, 1.82) is 0 Å². The van der Waals surface area contributed by atoms with Crippen LogP contribution in [0.5, 0.6) is 5.75 Å². The number of rotatable bonds is 14. The van der Waals surface area contributed by atoms with Gasteiger partial charge in [-0.05, 0) is 88.0 Å². The van der Waals surface area contributed by atoms with Crippen molar-refractivity contribution in [3.05, 3.63) is 81.4 Å². The molecule has 0 radical (unpaired) electrons. The highest BCUT2D eigenvalue weighted by Crippen LogP contribution is 2.33. The molecule has 4 nitrogen and oxygen atoms in total. The maximum Gasteiger partial charge on any atom is 0.294 e. The van der Waals surface area contributed by atoms with Crippen LogP contribution in [0.2, 0.25) is 11.1 Å². The summed E-state index contributed by atoms with van der Waals surface area (Å²) < 4.78 is 36.5. The minimum atomic E-state index is -4.02. The largest absolute Gasteiger partial charge is 0.496 e. The number of halogens is 1. The van der Waals surface area contributed by atoms with Crippen LogP contribution in [0.15, 0.2) is 71.6 Å². The second kappa shape index (κ2) is 17.3. The molecule has 0 aromatic heterocycles. The number of benzene rings is 3. The van der Waals surface area contributed by atoms with Gasteiger partial charge in [0.2, 0.25) is 0 Å². The van der Waals surface area contributed by atoms with Crippen molar-refractivity contribution in [2.45, 2.75) is 95.0 Å². The third-order valence-electron chi connectivity index (χ3n) is 7.29. The molecule has 0 aliphatic rings. The van der Waals surface area contributed by atoms with Gasteiger partial charge in [0.1, 0.15) is 5.75 Å². The van der Waals surface area contributed by atoms with Gasteiger partial charge in [0.05, 0.1) is 12.0 Å². The van der Waals surface area contributed by atoms with Crippen LogP contribution in [0.3, 0.4) is 0 Å². The Kier molecular flexibility index (Phi) is 14.9. The molecular weight excluding hydrogens is 647 g/mol. The topological polar surface area (TPSA) is 63.6 Å². The first-order valence-electron chi connectivity index (χ1n) is 14.4. The van der Waals surface area contributed by atoms with Crippen LogP contribution in [-0.2, 0) is 16.5 Å². The van der Waals surface area contributed by atoms with Gasteiger partial charge in [0, 0.05) is 13.1 Å². The molecule has 40 heavy (non-hydrogen) atoms. The van der Waals surface area contributed by atoms with E-state index in [0.717, 1.165) is 17.7 Å². The zero-order valence-corrected chi connectivity index (χ0v) is 29.3. The number of methoxy groups -OCH3 is 1. The number of hydrogen-bond donors (Lipinski definition) is 1. The van der Waals surface area contributed by atoms with Crippen LogP contribution < -0.4 is 4.74 Å². The molecule has 3 rings (SSSR count). The van der Waals surface area contributed by atoms with Gasteiger partial charge in [0.25, 0.3) is 10.1 Å². The average Bonchev–Trinajstić information content (AvgIpc) is 2.91. The van der Waals surface area contributed by atoms with Crippen LogP contribution in [-0.4, -0.2) is 29.6 Å². The Hall–Kier alpha value is -1.68. The van der Waals surface area contributed by atoms with Crippen LogP contribution in [0, 0.1) is 10.5 Å². The highest BCUT2D eigenvalue weighted by atomic mass is 127. The molecule has 0 aliphatic heterocycles. The van der Waals surface area contributed by atoms with Crippen LogP contribution in [0.1, 0.15) is 76.8 Å². The summed E-state index contributed by atoms with van der Waals surface area (Å²) in [4.78, 5) is -0.0666. The first kappa shape index (κ1) is 34.5. The van der Waals surface area contributed by atoms with Crippen LogP contribution >= 0.6 is 22.6 Å². The maximum absolute atomic E-state index is 10.5. The van der Waals surface area contributed by atoms with Gasteiger partial charge < -0.3 is 4.74 Å². The van der Waals surface area contributed by atoms with Gasteiger partial charge in [-0.1, -0.05) is 114 Å². The van der Waals surface area contributed by atoms with Gasteiger partial charge in [0.15, 0.2) is 0 Å². The molecule has 0 saturated heterocycles. The fourth-order valence-corrected chi connectivity index (χ4v) is 7.93. The van der Waals surface area contributed by atoms with Crippen molar-refractivity contribution >= 4 is 42.2 Å². The Morgan fingerprint density at radius 3 is 2.23 bits per heavy atom. The van der Waals surface area contributed by atoms with E-state index in [4.69, 9.17) is 9.29 Å². The Morgan fingerprint density at radius 1 is 0.925 bits per heavy atom. The lowest BCUT2D eigenvalue weighted by molar-refractivity contribution is 0.409. The summed E-state index contributed by atoms with van der Waals surface area (Å²) in [5, 5.41) is 0.609. The molecule has 0 saturated carbocycles. The Morgan fingerprint density at radius 2 is 1.60 bits per heavy atom. The Balaban J connectivity index is 0.000000425. The Labute approximate surface area is 259 Å². The van der Waals surface area contributed by atoms with Crippen molar-refractivity contribution < 1.29 is 17.7 Å². The van der Waals surface area contributed by atoms with Crippen molar-refractivity contribution in [2.75, 3.05) is 7.11 Å². The molecule has 1 N–H and O–H groups in total. The lowest BCUT2D eigenvalue weighted by Crippen LogP contribution is -2.13. The zero-order chi connectivity index (χ0) is 29.6. The van der Waals surface area contributed by atoms with E-state index in [0.29, 0.717) is 5.04 Å². The summed E-state index contributed by atoms with van der Waals surface area (Å²) in [5.74, 6) is 1.04. The first-order chi connectivity index (χ1) is 19.0. The molecule has 3 aromatic carbocycles. The Bertz CT molecular complexity index is 1270. The van der Waals surface area contributed by atoms with Gasteiger partial charge in [-0.2, -0.15) is 8.42 Å². The second-order valence-electron chi connectivity index (χ2n) is 11.3. The molecule has 3 aromatic rings. The summed E-state index contributed by atoms with van der Waals surface area (Å²) in [6, 6.07) is 22.7. The number of hydrogen-bond acceptors (Lipinski definition) is 3. The van der Waals surface area contributed by atoms with E-state index in [1.807, 2.05) is 6.92 Å². The zero-order valence-electron chi connectivity index (χ0n) is 24.9. The number of ether oxygens (including phenoxy) is 1. The SMILES string of the molecule is CCCCCCCC(C)(C)[SiH2]CCCc1cc(-c2ccccc2I)ccc1OC.Cc1ccc(S(=O)(=O)O)cc1. The van der Waals surface area contributed by atoms with Crippen molar-refractivity contribution in [2.24, 2.45) is 0 Å². The normalized spacial score (nSPS) is 11.9. The molecule has 0 aliphatic carbocycles. The van der Waals surface area contributed by atoms with Gasteiger partial charge >= 0.3 is 0 Å². The number of aryl methyl sites for hydroxylation is 2. The van der Waals surface area contributed by atoms with Crippen LogP contribution in [0.25, 0.3) is 11.1 Å². The van der Waals surface area contributed by atoms with Crippen LogP contribution in [0.4, 0.5) is 0 Å². The lowest BCUT2D eigenvalue weighted by atomic mass is 10.0. The molecule has 0 fully saturated rings. The predicted molar refractivity (Wildman–Crippen MR) is 181 cm³/mol. The first-order valence-corrected chi connectivity index (χ1v) is 18.7. The van der Waals surface area contributed by atoms with E-state index in [1.54, 1.807) is 19.2 Å².